The van der Waals surface area contributed by atoms with Gasteiger partial charge in [-0.3, -0.25) is 4.79 Å². The van der Waals surface area contributed by atoms with Crippen LogP contribution in [0.1, 0.15) is 29.6 Å². The van der Waals surface area contributed by atoms with E-state index in [1.54, 1.807) is 6.08 Å². The highest BCUT2D eigenvalue weighted by Gasteiger charge is 2.07. The summed E-state index contributed by atoms with van der Waals surface area (Å²) in [6.45, 7) is 0.727. The number of unbranched alkanes of at least 4 members (excludes halogenated alkanes) is 1. The predicted molar refractivity (Wildman–Crippen MR) is 61.5 cm³/mol. The summed E-state index contributed by atoms with van der Waals surface area (Å²) < 4.78 is 28.0. The van der Waals surface area contributed by atoms with E-state index in [2.05, 4.69) is 11.3 Å². The second kappa shape index (κ2) is 6.78. The Bertz CT molecular complexity index is 372. The van der Waals surface area contributed by atoms with Gasteiger partial charge in [0.25, 0.3) is 0 Å². The molecule has 0 spiro atoms. The summed E-state index contributed by atoms with van der Waals surface area (Å²) in [6.07, 6.45) is 3.73. The second-order valence-electron chi connectivity index (χ2n) is 3.51. The Balaban J connectivity index is 2.54. The van der Waals surface area contributed by atoms with Gasteiger partial charge in [-0.05, 0) is 37.1 Å². The van der Waals surface area contributed by atoms with Gasteiger partial charge >= 0.3 is 6.61 Å². The van der Waals surface area contributed by atoms with Gasteiger partial charge in [-0.25, -0.2) is 0 Å². The first-order chi connectivity index (χ1) is 8.13. The first kappa shape index (κ1) is 13.4. The van der Waals surface area contributed by atoms with Crippen LogP contribution in [0.5, 0.6) is 5.75 Å². The van der Waals surface area contributed by atoms with Crippen molar-refractivity contribution in [3.63, 3.8) is 0 Å². The van der Waals surface area contributed by atoms with Gasteiger partial charge in [-0.1, -0.05) is 6.08 Å². The maximum Gasteiger partial charge on any atom is 0.387 e. The number of ether oxygens (including phenoxy) is 1. The number of hydrogen-bond acceptors (Lipinski definition) is 2. The number of Topliss-reactive ketones (excluding diaryl/α,β-unsaturated/α-hetero) is 1. The first-order valence-electron chi connectivity index (χ1n) is 5.32. The van der Waals surface area contributed by atoms with Crippen LogP contribution in [-0.2, 0) is 0 Å². The van der Waals surface area contributed by atoms with Gasteiger partial charge in [-0.15, -0.1) is 6.58 Å². The summed E-state index contributed by atoms with van der Waals surface area (Å²) in [5.74, 6) is 0.0538. The van der Waals surface area contributed by atoms with Gasteiger partial charge in [0.1, 0.15) is 5.75 Å². The van der Waals surface area contributed by atoms with E-state index >= 15 is 0 Å². The van der Waals surface area contributed by atoms with Crippen molar-refractivity contribution in [3.05, 3.63) is 42.5 Å². The highest BCUT2D eigenvalue weighted by atomic mass is 19.3. The molecular weight excluding hydrogens is 226 g/mol. The van der Waals surface area contributed by atoms with E-state index in [0.29, 0.717) is 12.0 Å². The molecule has 0 aliphatic carbocycles. The van der Waals surface area contributed by atoms with Gasteiger partial charge in [-0.2, -0.15) is 8.78 Å². The lowest BCUT2D eigenvalue weighted by Gasteiger charge is -2.05. The molecule has 0 saturated heterocycles. The van der Waals surface area contributed by atoms with Crippen LogP contribution in [-0.4, -0.2) is 12.4 Å². The van der Waals surface area contributed by atoms with Crippen LogP contribution in [0, 0.1) is 0 Å². The predicted octanol–water partition coefficient (Wildman–Crippen LogP) is 3.83. The van der Waals surface area contributed by atoms with E-state index in [0.717, 1.165) is 12.8 Å². The Kier molecular flexibility index (Phi) is 5.33. The van der Waals surface area contributed by atoms with E-state index < -0.39 is 6.61 Å². The maximum absolute atomic E-state index is 11.9. The van der Waals surface area contributed by atoms with Gasteiger partial charge in [0.05, 0.1) is 0 Å². The van der Waals surface area contributed by atoms with Crippen molar-refractivity contribution >= 4 is 5.78 Å². The molecule has 1 aromatic rings. The van der Waals surface area contributed by atoms with Crippen molar-refractivity contribution in [2.45, 2.75) is 25.9 Å². The van der Waals surface area contributed by atoms with Crippen molar-refractivity contribution in [1.82, 2.24) is 0 Å². The molecular formula is C13H14F2O2. The van der Waals surface area contributed by atoms with Crippen molar-refractivity contribution in [2.75, 3.05) is 0 Å². The van der Waals surface area contributed by atoms with E-state index in [9.17, 15) is 13.6 Å². The van der Waals surface area contributed by atoms with Crippen LogP contribution >= 0.6 is 0 Å². The standard InChI is InChI=1S/C13H14F2O2/c1-2-3-4-5-12(16)10-6-8-11(9-7-10)17-13(14)15/h2,6-9,13H,1,3-5H2. The molecule has 1 rings (SSSR count). The zero-order valence-corrected chi connectivity index (χ0v) is 9.36. The molecule has 0 fully saturated rings. The molecule has 2 nitrogen and oxygen atoms in total. The molecule has 0 bridgehead atoms. The topological polar surface area (TPSA) is 26.3 Å². The number of ketones is 1. The molecule has 92 valence electrons. The summed E-state index contributed by atoms with van der Waals surface area (Å²) >= 11 is 0. The number of carbonyl (C=O) groups excluding carboxylic acids is 1. The summed E-state index contributed by atoms with van der Waals surface area (Å²) in [5, 5.41) is 0. The molecule has 4 heteroatoms. The molecule has 0 N–H and O–H groups in total. The third-order valence-corrected chi connectivity index (χ3v) is 2.21. The zero-order chi connectivity index (χ0) is 12.7. The van der Waals surface area contributed by atoms with E-state index in [1.165, 1.54) is 24.3 Å². The van der Waals surface area contributed by atoms with Gasteiger partial charge in [0, 0.05) is 12.0 Å². The van der Waals surface area contributed by atoms with Crippen molar-refractivity contribution in [2.24, 2.45) is 0 Å². The summed E-state index contributed by atoms with van der Waals surface area (Å²) in [7, 11) is 0. The lowest BCUT2D eigenvalue weighted by Crippen LogP contribution is -2.03. The number of alkyl halides is 2. The van der Waals surface area contributed by atoms with Crippen LogP contribution in [0.25, 0.3) is 0 Å². The van der Waals surface area contributed by atoms with Crippen LogP contribution in [0.4, 0.5) is 8.78 Å². The van der Waals surface area contributed by atoms with Crippen LogP contribution in [0.3, 0.4) is 0 Å². The van der Waals surface area contributed by atoms with Crippen LogP contribution in [0.2, 0.25) is 0 Å². The summed E-state index contributed by atoms with van der Waals surface area (Å²) in [5.41, 5.74) is 0.510. The fraction of sp³-hybridized carbons (Fsp3) is 0.308. The van der Waals surface area contributed by atoms with Gasteiger partial charge in [0.2, 0.25) is 0 Å². The summed E-state index contributed by atoms with van der Waals surface area (Å²) in [6, 6.07) is 5.72. The SMILES string of the molecule is C=CCCCC(=O)c1ccc(OC(F)F)cc1. The number of benzene rings is 1. The highest BCUT2D eigenvalue weighted by molar-refractivity contribution is 5.96. The largest absolute Gasteiger partial charge is 0.435 e. The van der Waals surface area contributed by atoms with Crippen molar-refractivity contribution in [1.29, 1.82) is 0 Å². The number of halogens is 2. The average molecular weight is 240 g/mol. The Morgan fingerprint density at radius 1 is 1.35 bits per heavy atom. The number of allylic oxidation sites excluding steroid dienone is 1. The maximum atomic E-state index is 11.9. The quantitative estimate of drug-likeness (QED) is 0.411. The normalized spacial score (nSPS) is 10.3. The van der Waals surface area contributed by atoms with E-state index in [4.69, 9.17) is 0 Å². The Labute approximate surface area is 98.9 Å². The van der Waals surface area contributed by atoms with E-state index in [1.807, 2.05) is 0 Å². The lowest BCUT2D eigenvalue weighted by atomic mass is 10.1. The molecule has 0 radical (unpaired) electrons. The molecule has 1 aromatic carbocycles. The van der Waals surface area contributed by atoms with Gasteiger partial charge < -0.3 is 4.74 Å². The number of hydrogen-bond donors (Lipinski definition) is 0. The van der Waals surface area contributed by atoms with Crippen LogP contribution in [0.15, 0.2) is 36.9 Å². The minimum Gasteiger partial charge on any atom is -0.435 e. The molecule has 0 aromatic heterocycles. The van der Waals surface area contributed by atoms with Gasteiger partial charge in [0.15, 0.2) is 5.78 Å². The molecule has 0 unspecified atom stereocenters. The third-order valence-electron chi connectivity index (χ3n) is 2.21. The number of carbonyl (C=O) groups is 1. The molecule has 0 heterocycles. The van der Waals surface area contributed by atoms with Crippen LogP contribution < -0.4 is 4.74 Å². The lowest BCUT2D eigenvalue weighted by molar-refractivity contribution is -0.0498. The molecule has 0 amide bonds. The third kappa shape index (κ3) is 4.76. The second-order valence-corrected chi connectivity index (χ2v) is 3.51. The number of rotatable bonds is 7. The Morgan fingerprint density at radius 3 is 2.53 bits per heavy atom. The van der Waals surface area contributed by atoms with Crippen molar-refractivity contribution < 1.29 is 18.3 Å². The summed E-state index contributed by atoms with van der Waals surface area (Å²) in [4.78, 5) is 11.6. The van der Waals surface area contributed by atoms with Crippen molar-refractivity contribution in [3.8, 4) is 5.75 Å². The first-order valence-corrected chi connectivity index (χ1v) is 5.32. The molecule has 0 saturated carbocycles. The molecule has 0 atom stereocenters. The minimum absolute atomic E-state index is 0.00422. The molecule has 0 aliphatic heterocycles. The minimum atomic E-state index is -2.84. The smallest absolute Gasteiger partial charge is 0.387 e. The average Bonchev–Trinajstić information content (AvgIpc) is 2.29. The molecule has 0 aliphatic rings. The fourth-order valence-corrected chi connectivity index (χ4v) is 1.37. The van der Waals surface area contributed by atoms with E-state index in [-0.39, 0.29) is 11.5 Å². The Morgan fingerprint density at radius 2 is 2.00 bits per heavy atom. The molecule has 17 heavy (non-hydrogen) atoms. The Hall–Kier alpha value is -1.71. The zero-order valence-electron chi connectivity index (χ0n) is 9.36. The fourth-order valence-electron chi connectivity index (χ4n) is 1.37. The highest BCUT2D eigenvalue weighted by Crippen LogP contribution is 2.16. The monoisotopic (exact) mass is 240 g/mol.